The summed E-state index contributed by atoms with van der Waals surface area (Å²) in [6.07, 6.45) is 0. The van der Waals surface area contributed by atoms with E-state index in [1.54, 1.807) is 31.2 Å². The molecule has 1 aromatic carbocycles. The minimum absolute atomic E-state index is 0.536. The van der Waals surface area contributed by atoms with Crippen molar-refractivity contribution in [3.05, 3.63) is 34.9 Å². The Kier molecular flexibility index (Phi) is 5.14. The highest BCUT2D eigenvalue weighted by molar-refractivity contribution is 6.30. The Morgan fingerprint density at radius 1 is 1.50 bits per heavy atom. The maximum atomic E-state index is 11.5. The van der Waals surface area contributed by atoms with Gasteiger partial charge in [0, 0.05) is 18.1 Å². The molecule has 0 aliphatic carbocycles. The Balaban J connectivity index is 2.90. The van der Waals surface area contributed by atoms with Crippen LogP contribution < -0.4 is 5.32 Å². The van der Waals surface area contributed by atoms with Gasteiger partial charge in [0.05, 0.1) is 0 Å². The maximum Gasteiger partial charge on any atom is 0.328 e. The van der Waals surface area contributed by atoms with Crippen LogP contribution in [0, 0.1) is 0 Å². The van der Waals surface area contributed by atoms with Crippen molar-refractivity contribution in [3.8, 4) is 0 Å². The lowest BCUT2D eigenvalue weighted by Crippen LogP contribution is -2.48. The monoisotopic (exact) mass is 270 g/mol. The second-order valence-electron chi connectivity index (χ2n) is 4.67. The number of hydrogen-bond donors (Lipinski definition) is 2. The molecule has 5 heteroatoms. The van der Waals surface area contributed by atoms with Gasteiger partial charge in [-0.25, -0.2) is 4.79 Å². The number of halogens is 1. The van der Waals surface area contributed by atoms with Crippen LogP contribution in [0.3, 0.4) is 0 Å². The lowest BCUT2D eigenvalue weighted by Gasteiger charge is -2.27. The van der Waals surface area contributed by atoms with Crippen LogP contribution in [0.15, 0.2) is 24.3 Å². The van der Waals surface area contributed by atoms with Crippen LogP contribution >= 0.6 is 11.6 Å². The molecule has 0 heterocycles. The Labute approximate surface area is 113 Å². The lowest BCUT2D eigenvalue weighted by atomic mass is 9.92. The van der Waals surface area contributed by atoms with E-state index in [-0.39, 0.29) is 0 Å². The Morgan fingerprint density at radius 3 is 2.67 bits per heavy atom. The van der Waals surface area contributed by atoms with Gasteiger partial charge < -0.3 is 10.0 Å². The van der Waals surface area contributed by atoms with Gasteiger partial charge in [0.2, 0.25) is 0 Å². The van der Waals surface area contributed by atoms with Gasteiger partial charge in [-0.15, -0.1) is 0 Å². The van der Waals surface area contributed by atoms with E-state index in [0.29, 0.717) is 17.1 Å². The summed E-state index contributed by atoms with van der Waals surface area (Å²) in [5.74, 6) is -0.913. The molecule has 18 heavy (non-hydrogen) atoms. The summed E-state index contributed by atoms with van der Waals surface area (Å²) in [5, 5.41) is 13.0. The molecule has 1 rings (SSSR count). The molecule has 100 valence electrons. The molecule has 0 aliphatic rings. The molecule has 1 aromatic rings. The first-order valence-corrected chi connectivity index (χ1v) is 6.13. The number of rotatable bonds is 6. The van der Waals surface area contributed by atoms with Crippen LogP contribution in [-0.4, -0.2) is 43.2 Å². The topological polar surface area (TPSA) is 52.6 Å². The molecule has 2 N–H and O–H groups in total. The third-order valence-corrected chi connectivity index (χ3v) is 3.10. The fraction of sp³-hybridized carbons (Fsp3) is 0.462. The first kappa shape index (κ1) is 15.0. The third-order valence-electron chi connectivity index (χ3n) is 2.87. The normalized spacial score (nSPS) is 14.5. The predicted molar refractivity (Wildman–Crippen MR) is 73.0 cm³/mol. The van der Waals surface area contributed by atoms with E-state index < -0.39 is 11.5 Å². The van der Waals surface area contributed by atoms with Gasteiger partial charge >= 0.3 is 5.97 Å². The number of hydrogen-bond acceptors (Lipinski definition) is 3. The highest BCUT2D eigenvalue weighted by Crippen LogP contribution is 2.23. The van der Waals surface area contributed by atoms with Gasteiger partial charge in [0.25, 0.3) is 0 Å². The fourth-order valence-corrected chi connectivity index (χ4v) is 1.82. The molecule has 1 atom stereocenters. The first-order chi connectivity index (χ1) is 8.36. The highest BCUT2D eigenvalue weighted by atomic mass is 35.5. The van der Waals surface area contributed by atoms with E-state index in [1.165, 1.54) is 0 Å². The van der Waals surface area contributed by atoms with Crippen molar-refractivity contribution in [2.45, 2.75) is 12.5 Å². The number of carbonyl (C=O) groups is 1. The Bertz CT molecular complexity index is 423. The maximum absolute atomic E-state index is 11.5. The van der Waals surface area contributed by atoms with E-state index >= 15 is 0 Å². The SMILES string of the molecule is CN(C)CCNC(C)(C(=O)O)c1cccc(Cl)c1. The number of nitrogens with one attached hydrogen (secondary N) is 1. The molecule has 0 radical (unpaired) electrons. The number of likely N-dealkylation sites (N-methyl/N-ethyl adjacent to an activating group) is 1. The van der Waals surface area contributed by atoms with Crippen molar-refractivity contribution < 1.29 is 9.90 Å². The standard InChI is InChI=1S/C13H19ClN2O2/c1-13(12(17)18,15-7-8-16(2)3)10-5-4-6-11(14)9-10/h4-6,9,15H,7-8H2,1-3H3,(H,17,18). The fourth-order valence-electron chi connectivity index (χ4n) is 1.63. The van der Waals surface area contributed by atoms with Crippen LogP contribution in [0.1, 0.15) is 12.5 Å². The first-order valence-electron chi connectivity index (χ1n) is 5.75. The van der Waals surface area contributed by atoms with Gasteiger partial charge in [0.1, 0.15) is 5.54 Å². The lowest BCUT2D eigenvalue weighted by molar-refractivity contribution is -0.144. The summed E-state index contributed by atoms with van der Waals surface area (Å²) in [5.41, 5.74) is -0.470. The molecule has 0 fully saturated rings. The Hall–Kier alpha value is -1.10. The zero-order chi connectivity index (χ0) is 13.8. The Morgan fingerprint density at radius 2 is 2.17 bits per heavy atom. The molecule has 0 aliphatic heterocycles. The molecule has 0 spiro atoms. The molecular formula is C13H19ClN2O2. The van der Waals surface area contributed by atoms with Gasteiger partial charge in [-0.1, -0.05) is 23.7 Å². The number of nitrogens with zero attached hydrogens (tertiary/aromatic N) is 1. The number of carboxylic acids is 1. The average Bonchev–Trinajstić information content (AvgIpc) is 2.28. The smallest absolute Gasteiger partial charge is 0.328 e. The van der Waals surface area contributed by atoms with Crippen LogP contribution in [0.25, 0.3) is 0 Å². The van der Waals surface area contributed by atoms with Gasteiger partial charge in [-0.2, -0.15) is 0 Å². The minimum Gasteiger partial charge on any atom is -0.480 e. The van der Waals surface area contributed by atoms with Crippen molar-refractivity contribution in [1.82, 2.24) is 10.2 Å². The van der Waals surface area contributed by atoms with Crippen LogP contribution in [0.4, 0.5) is 0 Å². The van der Waals surface area contributed by atoms with E-state index in [4.69, 9.17) is 11.6 Å². The zero-order valence-electron chi connectivity index (χ0n) is 10.9. The second-order valence-corrected chi connectivity index (χ2v) is 5.11. The molecule has 0 amide bonds. The summed E-state index contributed by atoms with van der Waals surface area (Å²) < 4.78 is 0. The van der Waals surface area contributed by atoms with Crippen LogP contribution in [0.2, 0.25) is 5.02 Å². The molecule has 0 bridgehead atoms. The molecule has 0 aromatic heterocycles. The summed E-state index contributed by atoms with van der Waals surface area (Å²) in [7, 11) is 3.89. The highest BCUT2D eigenvalue weighted by Gasteiger charge is 2.34. The van der Waals surface area contributed by atoms with Crippen molar-refractivity contribution in [3.63, 3.8) is 0 Å². The molecule has 0 saturated heterocycles. The number of benzene rings is 1. The average molecular weight is 271 g/mol. The third kappa shape index (κ3) is 3.70. The van der Waals surface area contributed by atoms with Crippen molar-refractivity contribution in [2.75, 3.05) is 27.2 Å². The molecule has 1 unspecified atom stereocenters. The van der Waals surface area contributed by atoms with E-state index in [0.717, 1.165) is 6.54 Å². The van der Waals surface area contributed by atoms with Crippen LogP contribution in [-0.2, 0) is 10.3 Å². The van der Waals surface area contributed by atoms with E-state index in [1.807, 2.05) is 19.0 Å². The summed E-state index contributed by atoms with van der Waals surface area (Å²) >= 11 is 5.91. The minimum atomic E-state index is -1.12. The summed E-state index contributed by atoms with van der Waals surface area (Å²) in [6.45, 7) is 3.00. The summed E-state index contributed by atoms with van der Waals surface area (Å²) in [4.78, 5) is 13.5. The predicted octanol–water partition coefficient (Wildman–Crippen LogP) is 1.79. The van der Waals surface area contributed by atoms with Crippen molar-refractivity contribution >= 4 is 17.6 Å². The molecule has 4 nitrogen and oxygen atoms in total. The number of aliphatic carboxylic acids is 1. The van der Waals surface area contributed by atoms with Crippen LogP contribution in [0.5, 0.6) is 0 Å². The largest absolute Gasteiger partial charge is 0.480 e. The van der Waals surface area contributed by atoms with Gasteiger partial charge in [0.15, 0.2) is 0 Å². The molecule has 0 saturated carbocycles. The van der Waals surface area contributed by atoms with Crippen molar-refractivity contribution in [1.29, 1.82) is 0 Å². The number of carboxylic acid groups (broad SMARTS) is 1. The summed E-state index contributed by atoms with van der Waals surface area (Å²) in [6, 6.07) is 6.93. The second kappa shape index (κ2) is 6.18. The quantitative estimate of drug-likeness (QED) is 0.828. The van der Waals surface area contributed by atoms with E-state index in [9.17, 15) is 9.90 Å². The molecular weight excluding hydrogens is 252 g/mol. The van der Waals surface area contributed by atoms with Crippen molar-refractivity contribution in [2.24, 2.45) is 0 Å². The van der Waals surface area contributed by atoms with E-state index in [2.05, 4.69) is 5.32 Å². The van der Waals surface area contributed by atoms with Gasteiger partial charge in [-0.3, -0.25) is 5.32 Å². The van der Waals surface area contributed by atoms with Gasteiger partial charge in [-0.05, 0) is 38.7 Å². The zero-order valence-corrected chi connectivity index (χ0v) is 11.7.